The lowest BCUT2D eigenvalue weighted by Gasteiger charge is -2.14. The van der Waals surface area contributed by atoms with Crippen molar-refractivity contribution in [1.82, 2.24) is 9.97 Å². The van der Waals surface area contributed by atoms with E-state index in [1.54, 1.807) is 18.2 Å². The lowest BCUT2D eigenvalue weighted by atomic mass is 10.1. The van der Waals surface area contributed by atoms with Gasteiger partial charge in [-0.15, -0.1) is 0 Å². The average molecular weight is 524 g/mol. The molecule has 0 unspecified atom stereocenters. The molecule has 0 bridgehead atoms. The smallest absolute Gasteiger partial charge is 0.395 e. The monoisotopic (exact) mass is 523 g/mol. The van der Waals surface area contributed by atoms with Gasteiger partial charge in [0.1, 0.15) is 12.4 Å². The number of nitrogens with one attached hydrogen (secondary N) is 1. The summed E-state index contributed by atoms with van der Waals surface area (Å²) in [7, 11) is 1.52. The molecular weight excluding hydrogens is 506 g/mol. The van der Waals surface area contributed by atoms with Crippen molar-refractivity contribution in [3.63, 3.8) is 0 Å². The van der Waals surface area contributed by atoms with E-state index in [2.05, 4.69) is 25.9 Å². The Labute approximate surface area is 201 Å². The molecule has 0 atom stereocenters. The van der Waals surface area contributed by atoms with Gasteiger partial charge in [0, 0.05) is 0 Å². The van der Waals surface area contributed by atoms with E-state index in [0.717, 1.165) is 16.3 Å². The average Bonchev–Trinajstić information content (AvgIpc) is 2.81. The van der Waals surface area contributed by atoms with Crippen LogP contribution < -0.4 is 15.0 Å². The summed E-state index contributed by atoms with van der Waals surface area (Å²) in [6.45, 7) is 0.332. The van der Waals surface area contributed by atoms with Crippen LogP contribution in [0.4, 0.5) is 5.69 Å². The molecule has 4 aromatic rings. The van der Waals surface area contributed by atoms with E-state index in [1.165, 1.54) is 13.2 Å². The first kappa shape index (κ1) is 23.0. The van der Waals surface area contributed by atoms with E-state index < -0.39 is 22.0 Å². The third kappa shape index (κ3) is 4.76. The molecule has 1 heterocycles. The number of fused-ring (bicyclic) bond motifs is 1. The molecule has 0 aliphatic rings. The zero-order valence-corrected chi connectivity index (χ0v) is 19.4. The Bertz CT molecular complexity index is 1480. The van der Waals surface area contributed by atoms with E-state index in [0.29, 0.717) is 28.1 Å². The van der Waals surface area contributed by atoms with Gasteiger partial charge in [-0.2, -0.15) is 4.98 Å². The molecule has 34 heavy (non-hydrogen) atoms. The highest BCUT2D eigenvalue weighted by Gasteiger charge is 2.21. The molecule has 0 amide bonds. The van der Waals surface area contributed by atoms with Crippen molar-refractivity contribution < 1.29 is 19.5 Å². The van der Waals surface area contributed by atoms with Gasteiger partial charge in [-0.25, -0.2) is 0 Å². The minimum atomic E-state index is -1.05. The summed E-state index contributed by atoms with van der Waals surface area (Å²) in [4.78, 5) is 27.5. The van der Waals surface area contributed by atoms with Crippen LogP contribution in [0.1, 0.15) is 17.0 Å². The molecule has 0 radical (unpaired) electrons. The number of aromatic hydroxyl groups is 1. The fraction of sp³-hybridized carbons (Fsp3) is 0.0833. The number of ether oxygens (including phenoxy) is 2. The van der Waals surface area contributed by atoms with Crippen molar-refractivity contribution >= 4 is 44.5 Å². The van der Waals surface area contributed by atoms with Gasteiger partial charge in [0.2, 0.25) is 0 Å². The number of aromatic nitrogens is 2. The van der Waals surface area contributed by atoms with Crippen molar-refractivity contribution in [2.75, 3.05) is 7.11 Å². The predicted molar refractivity (Wildman–Crippen MR) is 131 cm³/mol. The Balaban J connectivity index is 1.59. The van der Waals surface area contributed by atoms with Gasteiger partial charge in [-0.1, -0.05) is 48.5 Å². The molecule has 0 aliphatic carbocycles. The number of methoxy groups -OCH3 is 1. The predicted octanol–water partition coefficient (Wildman–Crippen LogP) is 5.06. The third-order valence-electron chi connectivity index (χ3n) is 5.01. The molecule has 0 saturated carbocycles. The van der Waals surface area contributed by atoms with Crippen molar-refractivity contribution in [3.05, 3.63) is 96.5 Å². The highest BCUT2D eigenvalue weighted by Crippen LogP contribution is 2.38. The van der Waals surface area contributed by atoms with Crippen LogP contribution in [0, 0.1) is 10.1 Å². The van der Waals surface area contributed by atoms with Crippen molar-refractivity contribution in [2.45, 2.75) is 6.61 Å². The molecule has 1 aromatic heterocycles. The zero-order valence-electron chi connectivity index (χ0n) is 17.8. The van der Waals surface area contributed by atoms with Crippen LogP contribution in [0.2, 0.25) is 0 Å². The number of H-pyrrole nitrogens is 1. The Morgan fingerprint density at radius 1 is 1.18 bits per heavy atom. The number of benzene rings is 3. The van der Waals surface area contributed by atoms with Crippen molar-refractivity contribution in [3.8, 4) is 17.4 Å². The maximum absolute atomic E-state index is 11.8. The Hall–Kier alpha value is -4.18. The minimum absolute atomic E-state index is 0.0422. The Kier molecular flexibility index (Phi) is 6.60. The van der Waals surface area contributed by atoms with Crippen LogP contribution in [0.3, 0.4) is 0 Å². The summed E-state index contributed by atoms with van der Waals surface area (Å²) in [6, 6.07) is 17.6. The van der Waals surface area contributed by atoms with Gasteiger partial charge in [0.15, 0.2) is 11.5 Å². The lowest BCUT2D eigenvalue weighted by Crippen LogP contribution is -2.14. The van der Waals surface area contributed by atoms with Crippen LogP contribution >= 0.6 is 15.9 Å². The Morgan fingerprint density at radius 3 is 2.68 bits per heavy atom. The van der Waals surface area contributed by atoms with E-state index >= 15 is 0 Å². The highest BCUT2D eigenvalue weighted by atomic mass is 79.9. The zero-order chi connectivity index (χ0) is 24.2. The van der Waals surface area contributed by atoms with Gasteiger partial charge in [0.25, 0.3) is 5.88 Å². The van der Waals surface area contributed by atoms with Gasteiger partial charge in [0.05, 0.1) is 16.5 Å². The second-order valence-electron chi connectivity index (χ2n) is 7.17. The first-order chi connectivity index (χ1) is 16.4. The summed E-state index contributed by atoms with van der Waals surface area (Å²) < 4.78 is 12.2. The fourth-order valence-electron chi connectivity index (χ4n) is 3.44. The van der Waals surface area contributed by atoms with E-state index in [4.69, 9.17) is 9.47 Å². The molecule has 0 saturated heterocycles. The van der Waals surface area contributed by atoms with E-state index in [1.807, 2.05) is 42.5 Å². The second kappa shape index (κ2) is 9.75. The highest BCUT2D eigenvalue weighted by molar-refractivity contribution is 9.10. The van der Waals surface area contributed by atoms with Crippen LogP contribution in [-0.2, 0) is 6.61 Å². The first-order valence-electron chi connectivity index (χ1n) is 10.00. The molecule has 3 aromatic carbocycles. The molecule has 2 N–H and O–H groups in total. The Morgan fingerprint density at radius 2 is 1.94 bits per heavy atom. The number of aromatic amines is 1. The number of nitrogens with zero attached hydrogens (tertiary/aromatic N) is 2. The van der Waals surface area contributed by atoms with E-state index in [-0.39, 0.29) is 5.82 Å². The second-order valence-corrected chi connectivity index (χ2v) is 8.03. The quantitative estimate of drug-likeness (QED) is 0.256. The summed E-state index contributed by atoms with van der Waals surface area (Å²) in [5.74, 6) is -0.00169. The van der Waals surface area contributed by atoms with Crippen LogP contribution in [-0.4, -0.2) is 27.1 Å². The van der Waals surface area contributed by atoms with Crippen molar-refractivity contribution in [2.24, 2.45) is 0 Å². The maximum atomic E-state index is 11.8. The maximum Gasteiger partial charge on any atom is 0.395 e. The summed E-state index contributed by atoms with van der Waals surface area (Å²) in [5.41, 5.74) is -0.354. The molecule has 0 aliphatic heterocycles. The molecule has 0 fully saturated rings. The summed E-state index contributed by atoms with van der Waals surface area (Å²) >= 11 is 3.51. The fourth-order valence-corrected chi connectivity index (χ4v) is 4.01. The third-order valence-corrected chi connectivity index (χ3v) is 5.60. The first-order valence-corrected chi connectivity index (χ1v) is 10.8. The van der Waals surface area contributed by atoms with E-state index in [9.17, 15) is 20.0 Å². The standard InChI is InChI=1S/C24H18BrN3O6/c1-33-19-12-14(9-10-20-26-23(29)21(28(31)32)24(30)27-20)11-18(25)22(19)34-13-16-7-4-6-15-5-2-3-8-17(15)16/h2-12H,13H2,1H3,(H2,26,27,29,30)/b10-9+. The SMILES string of the molecule is COc1cc(/C=C/c2nc(O)c([N+](=O)[O-])c(=O)[nH]2)cc(Br)c1OCc1cccc2ccccc12. The molecule has 10 heteroatoms. The number of hydrogen-bond acceptors (Lipinski definition) is 7. The molecule has 9 nitrogen and oxygen atoms in total. The number of halogens is 1. The largest absolute Gasteiger partial charge is 0.493 e. The van der Waals surface area contributed by atoms with Crippen LogP contribution in [0.5, 0.6) is 17.4 Å². The number of hydrogen-bond donors (Lipinski definition) is 2. The van der Waals surface area contributed by atoms with Gasteiger partial charge < -0.3 is 19.6 Å². The molecular formula is C24H18BrN3O6. The van der Waals surface area contributed by atoms with Crippen LogP contribution in [0.25, 0.3) is 22.9 Å². The number of rotatable bonds is 7. The lowest BCUT2D eigenvalue weighted by molar-refractivity contribution is -0.387. The topological polar surface area (TPSA) is 128 Å². The summed E-state index contributed by atoms with van der Waals surface area (Å²) in [5, 5.41) is 22.7. The molecule has 4 rings (SSSR count). The van der Waals surface area contributed by atoms with Crippen LogP contribution in [0.15, 0.2) is 63.9 Å². The van der Waals surface area contributed by atoms with Crippen molar-refractivity contribution in [1.29, 1.82) is 0 Å². The summed E-state index contributed by atoms with van der Waals surface area (Å²) in [6.07, 6.45) is 3.01. The molecule has 172 valence electrons. The van der Waals surface area contributed by atoms with Gasteiger partial charge in [-0.3, -0.25) is 14.9 Å². The molecule has 0 spiro atoms. The number of nitro groups is 1. The minimum Gasteiger partial charge on any atom is -0.493 e. The normalized spacial score (nSPS) is 11.1. The van der Waals surface area contributed by atoms with Gasteiger partial charge in [-0.05, 0) is 56.0 Å². The van der Waals surface area contributed by atoms with Gasteiger partial charge >= 0.3 is 11.2 Å².